The Morgan fingerprint density at radius 3 is 1.91 bits per heavy atom. The van der Waals surface area contributed by atoms with Crippen LogP contribution in [0.1, 0.15) is 83.1 Å². The van der Waals surface area contributed by atoms with Gasteiger partial charge in [0, 0.05) is 6.04 Å². The van der Waals surface area contributed by atoms with E-state index in [1.807, 2.05) is 6.07 Å². The summed E-state index contributed by atoms with van der Waals surface area (Å²) in [7, 11) is 0. The van der Waals surface area contributed by atoms with E-state index in [9.17, 15) is 5.21 Å². The Kier molecular flexibility index (Phi) is 12.0. The molecule has 1 aromatic carbocycles. The molecule has 0 aliphatic rings. The summed E-state index contributed by atoms with van der Waals surface area (Å²) in [4.78, 5) is 0. The van der Waals surface area contributed by atoms with Gasteiger partial charge in [0.2, 0.25) is 0 Å². The summed E-state index contributed by atoms with van der Waals surface area (Å²) < 4.78 is 0. The van der Waals surface area contributed by atoms with Crippen LogP contribution in [0.4, 0.5) is 0 Å². The molecule has 1 rings (SSSR count). The highest BCUT2D eigenvalue weighted by molar-refractivity contribution is 5.15. The Morgan fingerprint density at radius 2 is 1.36 bits per heavy atom. The van der Waals surface area contributed by atoms with E-state index in [0.29, 0.717) is 0 Å². The summed E-state index contributed by atoms with van der Waals surface area (Å²) >= 11 is 0. The molecule has 1 aromatic rings. The quantitative estimate of drug-likeness (QED) is 0.332. The number of hydrogen-bond donors (Lipinski definition) is 2. The summed E-state index contributed by atoms with van der Waals surface area (Å²) in [6.45, 7) is 2.27. The minimum absolute atomic E-state index is 0.191. The van der Waals surface area contributed by atoms with E-state index in [-0.39, 0.29) is 6.04 Å². The monoisotopic (exact) mass is 305 g/mol. The molecule has 0 saturated carbocycles. The molecule has 0 bridgehead atoms. The van der Waals surface area contributed by atoms with Crippen molar-refractivity contribution in [2.24, 2.45) is 0 Å². The van der Waals surface area contributed by atoms with Gasteiger partial charge in [-0.1, -0.05) is 101 Å². The first-order valence-electron chi connectivity index (χ1n) is 9.30. The van der Waals surface area contributed by atoms with Gasteiger partial charge < -0.3 is 5.21 Å². The summed E-state index contributed by atoms with van der Waals surface area (Å²) in [6, 6.07) is 10.6. The maximum atomic E-state index is 9.28. The van der Waals surface area contributed by atoms with Crippen LogP contribution in [0.15, 0.2) is 30.3 Å². The topological polar surface area (TPSA) is 32.3 Å². The average molecular weight is 306 g/mol. The summed E-state index contributed by atoms with van der Waals surface area (Å²) in [5.74, 6) is 0. The Bertz CT molecular complexity index is 339. The van der Waals surface area contributed by atoms with Crippen molar-refractivity contribution < 1.29 is 5.21 Å². The van der Waals surface area contributed by atoms with Gasteiger partial charge in [-0.3, -0.25) is 0 Å². The van der Waals surface area contributed by atoms with Gasteiger partial charge in [0.05, 0.1) is 0 Å². The van der Waals surface area contributed by atoms with Crippen LogP contribution in [-0.4, -0.2) is 11.2 Å². The van der Waals surface area contributed by atoms with Crippen molar-refractivity contribution in [3.8, 4) is 0 Å². The SMILES string of the molecule is CCCCCCCCCCCCC(Cc1ccccc1)NO. The molecule has 2 heteroatoms. The predicted molar refractivity (Wildman–Crippen MR) is 95.3 cm³/mol. The fourth-order valence-electron chi connectivity index (χ4n) is 2.99. The molecule has 0 aliphatic heterocycles. The molecule has 126 valence electrons. The van der Waals surface area contributed by atoms with Crippen molar-refractivity contribution in [2.45, 2.75) is 90.0 Å². The normalized spacial score (nSPS) is 12.5. The largest absolute Gasteiger partial charge is 0.317 e. The summed E-state index contributed by atoms with van der Waals surface area (Å²) in [6.07, 6.45) is 15.6. The Hall–Kier alpha value is -0.860. The van der Waals surface area contributed by atoms with Crippen molar-refractivity contribution in [3.05, 3.63) is 35.9 Å². The Balaban J connectivity index is 1.96. The highest BCUT2D eigenvalue weighted by Gasteiger charge is 2.07. The second-order valence-corrected chi connectivity index (χ2v) is 6.49. The zero-order valence-electron chi connectivity index (χ0n) is 14.4. The van der Waals surface area contributed by atoms with Crippen LogP contribution in [-0.2, 0) is 6.42 Å². The molecule has 0 aromatic heterocycles. The highest BCUT2D eigenvalue weighted by atomic mass is 16.5. The molecule has 22 heavy (non-hydrogen) atoms. The predicted octanol–water partition coefficient (Wildman–Crippen LogP) is 5.89. The van der Waals surface area contributed by atoms with E-state index in [1.54, 1.807) is 0 Å². The third kappa shape index (κ3) is 9.97. The molecule has 0 fully saturated rings. The van der Waals surface area contributed by atoms with Crippen molar-refractivity contribution in [1.29, 1.82) is 0 Å². The summed E-state index contributed by atoms with van der Waals surface area (Å²) in [5, 5.41) is 9.28. The molecule has 0 saturated heterocycles. The minimum atomic E-state index is 0.191. The number of nitrogens with one attached hydrogen (secondary N) is 1. The lowest BCUT2D eigenvalue weighted by molar-refractivity contribution is 0.120. The number of hydroxylamine groups is 1. The van der Waals surface area contributed by atoms with Crippen LogP contribution in [0, 0.1) is 0 Å². The lowest BCUT2D eigenvalue weighted by atomic mass is 10.00. The van der Waals surface area contributed by atoms with Gasteiger partial charge in [-0.05, 0) is 18.4 Å². The van der Waals surface area contributed by atoms with Gasteiger partial charge in [-0.25, -0.2) is 5.48 Å². The second-order valence-electron chi connectivity index (χ2n) is 6.49. The van der Waals surface area contributed by atoms with Crippen LogP contribution in [0.3, 0.4) is 0 Å². The average Bonchev–Trinajstić information content (AvgIpc) is 2.56. The van der Waals surface area contributed by atoms with Crippen molar-refractivity contribution >= 4 is 0 Å². The van der Waals surface area contributed by atoms with Gasteiger partial charge in [0.1, 0.15) is 0 Å². The van der Waals surface area contributed by atoms with Crippen molar-refractivity contribution in [3.63, 3.8) is 0 Å². The molecule has 1 unspecified atom stereocenters. The lowest BCUT2D eigenvalue weighted by Gasteiger charge is -2.14. The zero-order valence-corrected chi connectivity index (χ0v) is 14.4. The standard InChI is InChI=1S/C20H35NO/c1-2-3-4-5-6-7-8-9-10-14-17-20(21-22)18-19-15-12-11-13-16-19/h11-13,15-16,20-22H,2-10,14,17-18H2,1H3. The number of rotatable bonds is 14. The fourth-order valence-corrected chi connectivity index (χ4v) is 2.99. The van der Waals surface area contributed by atoms with Gasteiger partial charge >= 0.3 is 0 Å². The molecular weight excluding hydrogens is 270 g/mol. The number of hydrogen-bond acceptors (Lipinski definition) is 2. The first-order valence-corrected chi connectivity index (χ1v) is 9.30. The molecule has 0 radical (unpaired) electrons. The van der Waals surface area contributed by atoms with E-state index in [4.69, 9.17) is 0 Å². The maximum absolute atomic E-state index is 9.28. The van der Waals surface area contributed by atoms with E-state index >= 15 is 0 Å². The molecule has 2 N–H and O–H groups in total. The van der Waals surface area contributed by atoms with E-state index in [1.165, 1.54) is 69.8 Å². The third-order valence-corrected chi connectivity index (χ3v) is 4.41. The first kappa shape index (κ1) is 19.2. The molecule has 0 heterocycles. The molecule has 0 spiro atoms. The van der Waals surface area contributed by atoms with E-state index in [0.717, 1.165) is 12.8 Å². The fraction of sp³-hybridized carbons (Fsp3) is 0.700. The molecule has 1 atom stereocenters. The highest BCUT2D eigenvalue weighted by Crippen LogP contribution is 2.13. The van der Waals surface area contributed by atoms with Crippen LogP contribution in [0.25, 0.3) is 0 Å². The number of unbranched alkanes of at least 4 members (excludes halogenated alkanes) is 9. The van der Waals surface area contributed by atoms with Crippen LogP contribution < -0.4 is 5.48 Å². The molecule has 0 aliphatic carbocycles. The van der Waals surface area contributed by atoms with Gasteiger partial charge in [-0.15, -0.1) is 0 Å². The van der Waals surface area contributed by atoms with Crippen molar-refractivity contribution in [1.82, 2.24) is 5.48 Å². The van der Waals surface area contributed by atoms with Crippen molar-refractivity contribution in [2.75, 3.05) is 0 Å². The van der Waals surface area contributed by atoms with Crippen LogP contribution in [0.2, 0.25) is 0 Å². The third-order valence-electron chi connectivity index (χ3n) is 4.41. The smallest absolute Gasteiger partial charge is 0.0360 e. The van der Waals surface area contributed by atoms with E-state index in [2.05, 4.69) is 36.7 Å². The lowest BCUT2D eigenvalue weighted by Crippen LogP contribution is -2.28. The van der Waals surface area contributed by atoms with Gasteiger partial charge in [-0.2, -0.15) is 0 Å². The molecule has 0 amide bonds. The molecular formula is C20H35NO. The zero-order chi connectivity index (χ0) is 15.9. The maximum Gasteiger partial charge on any atom is 0.0360 e. The Morgan fingerprint density at radius 1 is 0.818 bits per heavy atom. The van der Waals surface area contributed by atoms with Crippen LogP contribution >= 0.6 is 0 Å². The van der Waals surface area contributed by atoms with Crippen LogP contribution in [0.5, 0.6) is 0 Å². The second kappa shape index (κ2) is 13.8. The molecule has 2 nitrogen and oxygen atoms in total. The minimum Gasteiger partial charge on any atom is -0.317 e. The summed E-state index contributed by atoms with van der Waals surface area (Å²) in [5.41, 5.74) is 3.77. The Labute approximate surface area is 137 Å². The van der Waals surface area contributed by atoms with Gasteiger partial charge in [0.15, 0.2) is 0 Å². The first-order chi connectivity index (χ1) is 10.9. The van der Waals surface area contributed by atoms with E-state index < -0.39 is 0 Å². The van der Waals surface area contributed by atoms with Gasteiger partial charge in [0.25, 0.3) is 0 Å². The number of benzene rings is 1.